The zero-order chi connectivity index (χ0) is 28.2. The number of ketones is 1. The fourth-order valence-corrected chi connectivity index (χ4v) is 4.57. The molecule has 0 spiro atoms. The average molecular weight is 592 g/mol. The predicted molar refractivity (Wildman–Crippen MR) is 138 cm³/mol. The second-order valence-electron chi connectivity index (χ2n) is 9.67. The second kappa shape index (κ2) is 12.8. The van der Waals surface area contributed by atoms with Gasteiger partial charge in [0.05, 0.1) is 34.4 Å². The third-order valence-electron chi connectivity index (χ3n) is 4.88. The predicted octanol–water partition coefficient (Wildman–Crippen LogP) is -1.16. The second-order valence-corrected chi connectivity index (χ2v) is 16.6. The van der Waals surface area contributed by atoms with E-state index in [1.807, 2.05) is 33.7 Å². The molecule has 214 valence electrons. The van der Waals surface area contributed by atoms with E-state index in [-0.39, 0.29) is 12.4 Å². The van der Waals surface area contributed by atoms with Gasteiger partial charge in [-0.05, 0) is 18.6 Å². The Hall–Kier alpha value is -1.08. The number of phosphoric acid groups is 1. The van der Waals surface area contributed by atoms with E-state index in [1.165, 1.54) is 12.3 Å². The van der Waals surface area contributed by atoms with Crippen LogP contribution in [0.4, 0.5) is 5.82 Å². The van der Waals surface area contributed by atoms with Crippen molar-refractivity contribution in [3.63, 3.8) is 0 Å². The molecule has 1 aromatic heterocycles. The first kappa shape index (κ1) is 32.1. The lowest BCUT2D eigenvalue weighted by atomic mass is 10.1. The zero-order valence-corrected chi connectivity index (χ0v) is 23.8. The summed E-state index contributed by atoms with van der Waals surface area (Å²) in [5.74, 6) is -0.736. The maximum absolute atomic E-state index is 12.4. The van der Waals surface area contributed by atoms with Gasteiger partial charge in [-0.1, -0.05) is 0 Å². The van der Waals surface area contributed by atoms with Crippen LogP contribution in [0, 0.1) is 0 Å². The zero-order valence-electron chi connectivity index (χ0n) is 21.2. The molecular weight excluding hydrogens is 555 g/mol. The van der Waals surface area contributed by atoms with Gasteiger partial charge >= 0.3 is 13.5 Å². The van der Waals surface area contributed by atoms with Gasteiger partial charge in [0.25, 0.3) is 0 Å². The number of nitrogens with one attached hydrogen (secondary N) is 1. The first-order chi connectivity index (χ1) is 16.9. The third kappa shape index (κ3) is 10.5. The summed E-state index contributed by atoms with van der Waals surface area (Å²) < 4.78 is 36.4. The van der Waals surface area contributed by atoms with Gasteiger partial charge in [0, 0.05) is 6.20 Å². The van der Waals surface area contributed by atoms with Crippen molar-refractivity contribution in [2.24, 2.45) is 0 Å². The van der Waals surface area contributed by atoms with Crippen LogP contribution in [0.25, 0.3) is 0 Å². The first-order valence-electron chi connectivity index (χ1n) is 11.0. The Morgan fingerprint density at radius 2 is 1.97 bits per heavy atom. The van der Waals surface area contributed by atoms with Crippen LogP contribution in [-0.4, -0.2) is 125 Å². The summed E-state index contributed by atoms with van der Waals surface area (Å²) in [5, 5.41) is 30.4. The Morgan fingerprint density at radius 3 is 2.54 bits per heavy atom. The molecule has 0 aromatic carbocycles. The lowest BCUT2D eigenvalue weighted by Crippen LogP contribution is -2.39. The standard InChI is InChI=1S/C19H35N4O11PS2/c1-23(2,3)8-9-31-18(27)12(24)10-32-35(29,30)33-11-13-15(25)16(26)17(34-13)22-7-6-14(20-19(22)28)21-37(4,5)36/h6-7,13,15-18,25-27H,8-11H2,1-5H3,(H2-,20,21,28,29,30,36)/p+1. The number of phosphoric ester groups is 1. The molecule has 1 aromatic rings. The fourth-order valence-electron chi connectivity index (χ4n) is 2.97. The van der Waals surface area contributed by atoms with Crippen LogP contribution < -0.4 is 10.4 Å². The van der Waals surface area contributed by atoms with Crippen molar-refractivity contribution >= 4 is 40.3 Å². The normalized spacial score (nSPS) is 25.5. The molecule has 6 unspecified atom stereocenters. The van der Waals surface area contributed by atoms with E-state index in [4.69, 9.17) is 14.0 Å². The number of aliphatic hydroxyl groups is 3. The molecule has 18 heteroatoms. The van der Waals surface area contributed by atoms with E-state index in [0.717, 1.165) is 4.57 Å². The Bertz CT molecular complexity index is 1030. The number of aliphatic hydroxyl groups excluding tert-OH is 3. The number of quaternary nitrogens is 1. The highest BCUT2D eigenvalue weighted by Crippen LogP contribution is 2.45. The van der Waals surface area contributed by atoms with Crippen molar-refractivity contribution in [3.05, 3.63) is 22.7 Å². The molecule has 0 bridgehead atoms. The van der Waals surface area contributed by atoms with E-state index in [0.29, 0.717) is 11.0 Å². The minimum Gasteiger partial charge on any atom is -0.387 e. The summed E-state index contributed by atoms with van der Waals surface area (Å²) >= 11 is 4.38. The van der Waals surface area contributed by atoms with Gasteiger partial charge in [-0.2, -0.15) is 4.98 Å². The molecule has 37 heavy (non-hydrogen) atoms. The van der Waals surface area contributed by atoms with Gasteiger partial charge in [-0.3, -0.25) is 18.4 Å². The minimum absolute atomic E-state index is 0.0656. The number of likely N-dealkylation sites (N-methyl/N-ethyl adjacent to an activating group) is 1. The number of carbonyl (C=O) groups excluding carboxylic acids is 1. The van der Waals surface area contributed by atoms with E-state index in [1.54, 1.807) is 0 Å². The molecule has 1 aliphatic heterocycles. The SMILES string of the molecule is C[N+](C)(C)CCOC(O)C(=O)COP(=O)(O)OCC1OC(n2ccc(NS(C)(C)S)nc2=O)C(O)C1O. The number of nitrogens with zero attached hydrogens (tertiary/aromatic N) is 3. The number of hydrogen-bond donors (Lipinski definition) is 6. The van der Waals surface area contributed by atoms with Crippen molar-refractivity contribution in [1.82, 2.24) is 9.55 Å². The topological polar surface area (TPSA) is 199 Å². The minimum atomic E-state index is -4.82. The van der Waals surface area contributed by atoms with Crippen molar-refractivity contribution in [2.75, 3.05) is 64.7 Å². The van der Waals surface area contributed by atoms with Gasteiger partial charge in [0.15, 0.2) is 6.23 Å². The number of carbonyl (C=O) groups is 1. The summed E-state index contributed by atoms with van der Waals surface area (Å²) in [5.41, 5.74) is -0.781. The highest BCUT2D eigenvalue weighted by molar-refractivity contribution is 8.87. The number of thiol groups is 1. The fraction of sp³-hybridized carbons (Fsp3) is 0.737. The van der Waals surface area contributed by atoms with Crippen LogP contribution in [0.5, 0.6) is 0 Å². The van der Waals surface area contributed by atoms with Crippen LogP contribution >= 0.6 is 28.7 Å². The van der Waals surface area contributed by atoms with Gasteiger partial charge < -0.3 is 38.9 Å². The highest BCUT2D eigenvalue weighted by Gasteiger charge is 2.45. The van der Waals surface area contributed by atoms with Gasteiger partial charge in [-0.25, -0.2) is 9.36 Å². The molecule has 0 radical (unpaired) electrons. The summed E-state index contributed by atoms with van der Waals surface area (Å²) in [4.78, 5) is 38.0. The number of hydrogen-bond acceptors (Lipinski definition) is 13. The molecule has 6 atom stereocenters. The molecule has 0 aliphatic carbocycles. The smallest absolute Gasteiger partial charge is 0.387 e. The van der Waals surface area contributed by atoms with Crippen molar-refractivity contribution in [3.8, 4) is 0 Å². The Kier molecular flexibility index (Phi) is 11.2. The summed E-state index contributed by atoms with van der Waals surface area (Å²) in [6.45, 7) is -1.14. The van der Waals surface area contributed by atoms with Crippen LogP contribution in [0.3, 0.4) is 0 Å². The maximum atomic E-state index is 12.4. The number of rotatable bonds is 14. The highest BCUT2D eigenvalue weighted by atomic mass is 33.1. The Morgan fingerprint density at radius 1 is 1.32 bits per heavy atom. The monoisotopic (exact) mass is 591 g/mol. The van der Waals surface area contributed by atoms with Gasteiger partial charge in [0.1, 0.15) is 37.3 Å². The molecule has 2 heterocycles. The molecule has 1 fully saturated rings. The largest absolute Gasteiger partial charge is 0.472 e. The third-order valence-corrected chi connectivity index (χ3v) is 6.79. The lowest BCUT2D eigenvalue weighted by Gasteiger charge is -2.26. The van der Waals surface area contributed by atoms with Gasteiger partial charge in [0.2, 0.25) is 12.1 Å². The van der Waals surface area contributed by atoms with Crippen LogP contribution in [0.15, 0.2) is 17.1 Å². The summed E-state index contributed by atoms with van der Waals surface area (Å²) in [6, 6.07) is 1.46. The molecule has 2 rings (SSSR count). The van der Waals surface area contributed by atoms with E-state index in [9.17, 15) is 34.4 Å². The van der Waals surface area contributed by atoms with Crippen LogP contribution in [0.2, 0.25) is 0 Å². The van der Waals surface area contributed by atoms with E-state index >= 15 is 0 Å². The maximum Gasteiger partial charge on any atom is 0.472 e. The van der Waals surface area contributed by atoms with Gasteiger partial charge in [-0.15, -0.1) is 20.9 Å². The lowest BCUT2D eigenvalue weighted by molar-refractivity contribution is -0.870. The number of aromatic nitrogens is 2. The average Bonchev–Trinajstić information content (AvgIpc) is 3.02. The number of anilines is 1. The quantitative estimate of drug-likeness (QED) is 0.0498. The molecule has 0 saturated carbocycles. The molecule has 5 N–H and O–H groups in total. The van der Waals surface area contributed by atoms with Crippen LogP contribution in [0.1, 0.15) is 6.23 Å². The van der Waals surface area contributed by atoms with E-state index in [2.05, 4.69) is 25.9 Å². The molecule has 1 saturated heterocycles. The summed E-state index contributed by atoms with van der Waals surface area (Å²) in [6.07, 6.45) is -2.74. The molecule has 15 nitrogen and oxygen atoms in total. The van der Waals surface area contributed by atoms with E-state index < -0.39 is 72.6 Å². The number of ether oxygens (including phenoxy) is 2. The Labute approximate surface area is 220 Å². The first-order valence-corrected chi connectivity index (χ1v) is 16.0. The van der Waals surface area contributed by atoms with Crippen molar-refractivity contribution in [2.45, 2.75) is 30.8 Å². The molecular formula is C19H36N4O11PS2+. The Balaban J connectivity index is 1.90. The molecule has 0 amide bonds. The number of Topliss-reactive ketones (excluding diaryl/α,β-unsaturated/α-hetero) is 1. The van der Waals surface area contributed by atoms with Crippen LogP contribution in [-0.2, 0) is 27.9 Å². The summed E-state index contributed by atoms with van der Waals surface area (Å²) in [7, 11) is -0.662. The molecule has 1 aliphatic rings. The van der Waals surface area contributed by atoms with Crippen molar-refractivity contribution in [1.29, 1.82) is 0 Å². The van der Waals surface area contributed by atoms with Crippen molar-refractivity contribution < 1.29 is 52.6 Å².